The van der Waals surface area contributed by atoms with Crippen LogP contribution in [0.25, 0.3) is 0 Å². The molecule has 1 atom stereocenters. The highest BCUT2D eigenvalue weighted by molar-refractivity contribution is 5.94. The van der Waals surface area contributed by atoms with Crippen LogP contribution in [0.4, 0.5) is 5.82 Å². The fourth-order valence-electron chi connectivity index (χ4n) is 3.37. The average Bonchev–Trinajstić information content (AvgIpc) is 2.88. The summed E-state index contributed by atoms with van der Waals surface area (Å²) in [6, 6.07) is 9.65. The van der Waals surface area contributed by atoms with Gasteiger partial charge in [-0.3, -0.25) is 9.89 Å². The number of anilines is 1. The molecule has 2 aliphatic rings. The van der Waals surface area contributed by atoms with Gasteiger partial charge in [0.1, 0.15) is 0 Å². The molecular weight excluding hydrogens is 276 g/mol. The van der Waals surface area contributed by atoms with Crippen molar-refractivity contribution in [2.45, 2.75) is 37.5 Å². The van der Waals surface area contributed by atoms with E-state index in [1.165, 1.54) is 25.0 Å². The smallest absolute Gasteiger partial charge is 0.226 e. The van der Waals surface area contributed by atoms with E-state index in [9.17, 15) is 4.79 Å². The summed E-state index contributed by atoms with van der Waals surface area (Å²) in [5.41, 5.74) is 4.01. The second kappa shape index (κ2) is 4.99. The van der Waals surface area contributed by atoms with Crippen LogP contribution in [0.15, 0.2) is 24.3 Å². The summed E-state index contributed by atoms with van der Waals surface area (Å²) in [7, 11) is 0. The third-order valence-electron chi connectivity index (χ3n) is 4.78. The molecule has 1 aliphatic heterocycles. The van der Waals surface area contributed by atoms with Gasteiger partial charge in [-0.25, -0.2) is 0 Å². The van der Waals surface area contributed by atoms with Crippen molar-refractivity contribution in [1.29, 1.82) is 5.26 Å². The van der Waals surface area contributed by atoms with E-state index in [2.05, 4.69) is 21.6 Å². The molecule has 110 valence electrons. The number of aromatic amines is 1. The largest absolute Gasteiger partial charge is 0.309 e. The lowest BCUT2D eigenvalue weighted by atomic mass is 9.77. The van der Waals surface area contributed by atoms with Crippen molar-refractivity contribution < 1.29 is 4.79 Å². The number of carbonyl (C=O) groups is 1. The Hall–Kier alpha value is -2.61. The predicted molar refractivity (Wildman–Crippen MR) is 81.4 cm³/mol. The van der Waals surface area contributed by atoms with Gasteiger partial charge in [0.2, 0.25) is 5.91 Å². The molecule has 1 aromatic heterocycles. The number of aromatic nitrogens is 2. The van der Waals surface area contributed by atoms with Crippen LogP contribution in [0.1, 0.15) is 59.9 Å². The number of rotatable bonds is 2. The second-order valence-corrected chi connectivity index (χ2v) is 6.07. The highest BCUT2D eigenvalue weighted by atomic mass is 16.1. The molecule has 0 spiro atoms. The molecule has 0 radical (unpaired) electrons. The summed E-state index contributed by atoms with van der Waals surface area (Å²) in [6.07, 6.45) is 4.05. The summed E-state index contributed by atoms with van der Waals surface area (Å²) >= 11 is 0. The van der Waals surface area contributed by atoms with Gasteiger partial charge >= 0.3 is 0 Å². The Morgan fingerprint density at radius 1 is 1.23 bits per heavy atom. The summed E-state index contributed by atoms with van der Waals surface area (Å²) in [5.74, 6) is 1.22. The number of hydrogen-bond donors (Lipinski definition) is 2. The van der Waals surface area contributed by atoms with Gasteiger partial charge in [0.15, 0.2) is 5.82 Å². The van der Waals surface area contributed by atoms with Gasteiger partial charge < -0.3 is 5.32 Å². The number of nitriles is 1. The first kappa shape index (κ1) is 13.1. The van der Waals surface area contributed by atoms with Crippen LogP contribution < -0.4 is 5.32 Å². The molecule has 1 unspecified atom stereocenters. The number of fused-ring (bicyclic) bond motifs is 1. The lowest BCUT2D eigenvalue weighted by Gasteiger charge is -2.29. The number of hydrogen-bond acceptors (Lipinski definition) is 3. The number of amides is 1. The maximum atomic E-state index is 12.0. The Morgan fingerprint density at radius 2 is 2.00 bits per heavy atom. The lowest BCUT2D eigenvalue weighted by Crippen LogP contribution is -2.24. The minimum atomic E-state index is -0.00600. The molecule has 2 heterocycles. The van der Waals surface area contributed by atoms with Gasteiger partial charge in [-0.2, -0.15) is 10.4 Å². The predicted octanol–water partition coefficient (Wildman–Crippen LogP) is 3.02. The first-order chi connectivity index (χ1) is 10.8. The van der Waals surface area contributed by atoms with Crippen molar-refractivity contribution in [1.82, 2.24) is 10.2 Å². The Balaban J connectivity index is 1.78. The van der Waals surface area contributed by atoms with Gasteiger partial charge in [0.25, 0.3) is 0 Å². The molecule has 2 aromatic rings. The first-order valence-electron chi connectivity index (χ1n) is 7.64. The third kappa shape index (κ3) is 2.00. The van der Waals surface area contributed by atoms with E-state index >= 15 is 0 Å². The molecule has 2 N–H and O–H groups in total. The Bertz CT molecular complexity index is 765. The Morgan fingerprint density at radius 3 is 2.64 bits per heavy atom. The van der Waals surface area contributed by atoms with E-state index in [1.54, 1.807) is 0 Å². The van der Waals surface area contributed by atoms with Crippen molar-refractivity contribution in [3.8, 4) is 6.07 Å². The van der Waals surface area contributed by atoms with Crippen LogP contribution >= 0.6 is 0 Å². The molecule has 5 heteroatoms. The maximum absolute atomic E-state index is 12.0. The molecule has 1 aliphatic carbocycles. The number of H-pyrrole nitrogens is 1. The zero-order valence-corrected chi connectivity index (χ0v) is 12.1. The Kier molecular flexibility index (Phi) is 2.97. The minimum Gasteiger partial charge on any atom is -0.309 e. The third-order valence-corrected chi connectivity index (χ3v) is 4.78. The van der Waals surface area contributed by atoms with Crippen molar-refractivity contribution in [3.05, 3.63) is 46.6 Å². The van der Waals surface area contributed by atoms with Crippen molar-refractivity contribution in [2.24, 2.45) is 0 Å². The molecule has 5 nitrogen and oxygen atoms in total. The molecule has 0 bridgehead atoms. The van der Waals surface area contributed by atoms with Crippen molar-refractivity contribution in [2.75, 3.05) is 5.32 Å². The zero-order valence-electron chi connectivity index (χ0n) is 12.1. The summed E-state index contributed by atoms with van der Waals surface area (Å²) < 4.78 is 0. The van der Waals surface area contributed by atoms with Crippen LogP contribution in [-0.2, 0) is 4.79 Å². The highest BCUT2D eigenvalue weighted by Crippen LogP contribution is 2.45. The molecule has 22 heavy (non-hydrogen) atoms. The summed E-state index contributed by atoms with van der Waals surface area (Å²) in [4.78, 5) is 12.0. The normalized spacial score (nSPS) is 20.7. The zero-order chi connectivity index (χ0) is 15.1. The highest BCUT2D eigenvalue weighted by Gasteiger charge is 2.35. The molecule has 0 saturated heterocycles. The van der Waals surface area contributed by atoms with Crippen molar-refractivity contribution in [3.63, 3.8) is 0 Å². The van der Waals surface area contributed by atoms with E-state index in [-0.39, 0.29) is 11.8 Å². The van der Waals surface area contributed by atoms with E-state index in [4.69, 9.17) is 5.26 Å². The first-order valence-corrected chi connectivity index (χ1v) is 7.64. The summed E-state index contributed by atoms with van der Waals surface area (Å²) in [5, 5.41) is 19.3. The van der Waals surface area contributed by atoms with Gasteiger partial charge in [-0.05, 0) is 30.5 Å². The fraction of sp³-hybridized carbons (Fsp3) is 0.353. The number of nitrogens with zero attached hydrogens (tertiary/aromatic N) is 2. The number of benzene rings is 1. The van der Waals surface area contributed by atoms with E-state index in [0.29, 0.717) is 23.7 Å². The van der Waals surface area contributed by atoms with Crippen LogP contribution in [0, 0.1) is 11.3 Å². The molecule has 4 rings (SSSR count). The molecule has 1 aromatic carbocycles. The van der Waals surface area contributed by atoms with E-state index in [0.717, 1.165) is 11.1 Å². The monoisotopic (exact) mass is 292 g/mol. The minimum absolute atomic E-state index is 0.00600. The number of nitrogens with one attached hydrogen (secondary N) is 2. The van der Waals surface area contributed by atoms with Gasteiger partial charge in [-0.15, -0.1) is 0 Å². The maximum Gasteiger partial charge on any atom is 0.226 e. The quantitative estimate of drug-likeness (QED) is 0.892. The Labute approximate surface area is 128 Å². The van der Waals surface area contributed by atoms with E-state index in [1.807, 2.05) is 24.3 Å². The standard InChI is InChI=1S/C17H16N4O/c18-9-10-4-6-11(7-5-10)13-8-14(22)19-17-15(13)16(20-21-17)12-2-1-3-12/h4-7,12-13H,1-3,8H2,(H2,19,20,21,22). The van der Waals surface area contributed by atoms with Crippen LogP contribution in [-0.4, -0.2) is 16.1 Å². The molecule has 1 saturated carbocycles. The van der Waals surface area contributed by atoms with Crippen LogP contribution in [0.5, 0.6) is 0 Å². The van der Waals surface area contributed by atoms with E-state index < -0.39 is 0 Å². The van der Waals surface area contributed by atoms with Crippen molar-refractivity contribution >= 4 is 11.7 Å². The molecule has 1 fully saturated rings. The fourth-order valence-corrected chi connectivity index (χ4v) is 3.37. The van der Waals surface area contributed by atoms with Gasteiger partial charge in [0, 0.05) is 29.5 Å². The second-order valence-electron chi connectivity index (χ2n) is 6.07. The average molecular weight is 292 g/mol. The van der Waals surface area contributed by atoms with Crippen LogP contribution in [0.3, 0.4) is 0 Å². The lowest BCUT2D eigenvalue weighted by molar-refractivity contribution is -0.116. The summed E-state index contributed by atoms with van der Waals surface area (Å²) in [6.45, 7) is 0. The van der Waals surface area contributed by atoms with Gasteiger partial charge in [-0.1, -0.05) is 18.6 Å². The topological polar surface area (TPSA) is 81.6 Å². The number of carbonyl (C=O) groups excluding carboxylic acids is 1. The molecular formula is C17H16N4O. The van der Waals surface area contributed by atoms with Crippen LogP contribution in [0.2, 0.25) is 0 Å². The van der Waals surface area contributed by atoms with Gasteiger partial charge in [0.05, 0.1) is 11.6 Å². The SMILES string of the molecule is N#Cc1ccc(C2CC(=O)Nc3n[nH]c(C4CCC4)c32)cc1. The molecule has 1 amide bonds.